The van der Waals surface area contributed by atoms with Gasteiger partial charge in [-0.2, -0.15) is 11.8 Å². The van der Waals surface area contributed by atoms with Gasteiger partial charge in [0.1, 0.15) is 0 Å². The van der Waals surface area contributed by atoms with Gasteiger partial charge in [0, 0.05) is 11.8 Å². The Bertz CT molecular complexity index is 161. The molecule has 2 heteroatoms. The zero-order valence-corrected chi connectivity index (χ0v) is 14.5. The summed E-state index contributed by atoms with van der Waals surface area (Å²) in [4.78, 5) is 0. The quantitative estimate of drug-likeness (QED) is 0.391. The van der Waals surface area contributed by atoms with Crippen LogP contribution in [0.2, 0.25) is 0 Å². The maximum Gasteiger partial charge on any atom is 0.0158 e. The fraction of sp³-hybridized carbons (Fsp3) is 1.00. The summed E-state index contributed by atoms with van der Waals surface area (Å²) in [6.45, 7) is 8.01. The van der Waals surface area contributed by atoms with Crippen molar-refractivity contribution >= 4 is 11.8 Å². The van der Waals surface area contributed by atoms with Crippen LogP contribution in [0.1, 0.15) is 85.0 Å². The number of hydrogen-bond donors (Lipinski definition) is 1. The molecule has 0 aromatic heterocycles. The van der Waals surface area contributed by atoms with Crippen LogP contribution in [0.15, 0.2) is 0 Å². The monoisotopic (exact) mass is 287 g/mol. The van der Waals surface area contributed by atoms with Crippen molar-refractivity contribution in [1.29, 1.82) is 0 Å². The van der Waals surface area contributed by atoms with E-state index >= 15 is 0 Å². The van der Waals surface area contributed by atoms with E-state index in [0.29, 0.717) is 0 Å². The third-order valence-electron chi connectivity index (χ3n) is 3.51. The molecule has 0 bridgehead atoms. The average molecular weight is 288 g/mol. The highest BCUT2D eigenvalue weighted by molar-refractivity contribution is 7.99. The largest absolute Gasteiger partial charge is 0.313 e. The molecule has 0 saturated heterocycles. The number of rotatable bonds is 15. The van der Waals surface area contributed by atoms with Gasteiger partial charge in [0.25, 0.3) is 0 Å². The molecule has 0 aliphatic rings. The Labute approximate surface area is 126 Å². The fourth-order valence-corrected chi connectivity index (χ4v) is 3.33. The first-order valence-corrected chi connectivity index (χ1v) is 9.81. The first-order chi connectivity index (χ1) is 9.35. The summed E-state index contributed by atoms with van der Waals surface area (Å²) in [6.07, 6.45) is 13.9. The van der Waals surface area contributed by atoms with Gasteiger partial charge >= 0.3 is 0 Å². The molecule has 0 amide bonds. The van der Waals surface area contributed by atoms with Crippen molar-refractivity contribution in [2.45, 2.75) is 91.0 Å². The van der Waals surface area contributed by atoms with Crippen molar-refractivity contribution in [3.8, 4) is 0 Å². The zero-order chi connectivity index (χ0) is 14.2. The van der Waals surface area contributed by atoms with E-state index < -0.39 is 0 Å². The topological polar surface area (TPSA) is 12.0 Å². The highest BCUT2D eigenvalue weighted by Gasteiger charge is 2.07. The second-order valence-corrected chi connectivity index (χ2v) is 6.79. The highest BCUT2D eigenvalue weighted by atomic mass is 32.2. The molecule has 0 aliphatic heterocycles. The summed E-state index contributed by atoms with van der Waals surface area (Å²) in [5.74, 6) is 2.63. The molecule has 0 fully saturated rings. The fourth-order valence-electron chi connectivity index (χ4n) is 2.31. The Balaban J connectivity index is 3.49. The maximum atomic E-state index is 3.72. The van der Waals surface area contributed by atoms with Gasteiger partial charge in [0.05, 0.1) is 0 Å². The van der Waals surface area contributed by atoms with Gasteiger partial charge in [-0.05, 0) is 31.6 Å². The molecule has 1 N–H and O–H groups in total. The van der Waals surface area contributed by atoms with Gasteiger partial charge in [0.2, 0.25) is 0 Å². The van der Waals surface area contributed by atoms with Crippen molar-refractivity contribution in [1.82, 2.24) is 5.32 Å². The van der Waals surface area contributed by atoms with E-state index in [1.807, 2.05) is 0 Å². The van der Waals surface area contributed by atoms with E-state index in [1.54, 1.807) is 0 Å². The van der Waals surface area contributed by atoms with Gasteiger partial charge in [-0.3, -0.25) is 0 Å². The van der Waals surface area contributed by atoms with E-state index in [0.717, 1.165) is 6.04 Å². The Morgan fingerprint density at radius 2 is 1.47 bits per heavy atom. The standard InChI is InChI=1S/C17H37NS/c1-4-7-8-9-10-11-12-13-17(18-14-5-2)16-19-15-6-3/h17-18H,4-16H2,1-3H3. The summed E-state index contributed by atoms with van der Waals surface area (Å²) < 4.78 is 0. The number of unbranched alkanes of at least 4 members (excludes halogenated alkanes) is 6. The number of nitrogens with one attached hydrogen (secondary N) is 1. The molecule has 0 rings (SSSR count). The van der Waals surface area contributed by atoms with Crippen LogP contribution >= 0.6 is 11.8 Å². The third kappa shape index (κ3) is 14.5. The van der Waals surface area contributed by atoms with Gasteiger partial charge in [-0.25, -0.2) is 0 Å². The zero-order valence-electron chi connectivity index (χ0n) is 13.7. The summed E-state index contributed by atoms with van der Waals surface area (Å²) in [7, 11) is 0. The summed E-state index contributed by atoms with van der Waals surface area (Å²) >= 11 is 2.12. The molecule has 0 radical (unpaired) electrons. The van der Waals surface area contributed by atoms with Crippen LogP contribution in [0.4, 0.5) is 0 Å². The molecule has 0 spiro atoms. The van der Waals surface area contributed by atoms with Crippen molar-refractivity contribution < 1.29 is 0 Å². The third-order valence-corrected chi connectivity index (χ3v) is 4.84. The van der Waals surface area contributed by atoms with E-state index in [4.69, 9.17) is 0 Å². The van der Waals surface area contributed by atoms with E-state index in [2.05, 4.69) is 37.8 Å². The summed E-state index contributed by atoms with van der Waals surface area (Å²) in [5, 5.41) is 3.72. The Morgan fingerprint density at radius 3 is 2.11 bits per heavy atom. The molecule has 0 aromatic rings. The average Bonchev–Trinajstić information content (AvgIpc) is 2.43. The van der Waals surface area contributed by atoms with Gasteiger partial charge in [0.15, 0.2) is 0 Å². The van der Waals surface area contributed by atoms with Crippen LogP contribution in [0.5, 0.6) is 0 Å². The van der Waals surface area contributed by atoms with Crippen molar-refractivity contribution in [2.24, 2.45) is 0 Å². The summed E-state index contributed by atoms with van der Waals surface area (Å²) in [5.41, 5.74) is 0. The first kappa shape index (κ1) is 19.3. The van der Waals surface area contributed by atoms with E-state index in [9.17, 15) is 0 Å². The molecular weight excluding hydrogens is 250 g/mol. The normalized spacial score (nSPS) is 12.8. The number of thioether (sulfide) groups is 1. The van der Waals surface area contributed by atoms with Gasteiger partial charge < -0.3 is 5.32 Å². The Morgan fingerprint density at radius 1 is 0.789 bits per heavy atom. The molecule has 1 unspecified atom stereocenters. The molecular formula is C17H37NS. The van der Waals surface area contributed by atoms with Crippen molar-refractivity contribution in [2.75, 3.05) is 18.1 Å². The second kappa shape index (κ2) is 16.4. The van der Waals surface area contributed by atoms with Crippen LogP contribution in [0, 0.1) is 0 Å². The van der Waals surface area contributed by atoms with Crippen molar-refractivity contribution in [3.05, 3.63) is 0 Å². The van der Waals surface area contributed by atoms with Crippen LogP contribution in [0.3, 0.4) is 0 Å². The summed E-state index contributed by atoms with van der Waals surface area (Å²) in [6, 6.07) is 0.757. The first-order valence-electron chi connectivity index (χ1n) is 8.66. The van der Waals surface area contributed by atoms with Gasteiger partial charge in [-0.15, -0.1) is 0 Å². The smallest absolute Gasteiger partial charge is 0.0158 e. The predicted molar refractivity (Wildman–Crippen MR) is 92.3 cm³/mol. The SMILES string of the molecule is CCCCCCCCCC(CSCCC)NCCC. The maximum absolute atomic E-state index is 3.72. The molecule has 0 heterocycles. The van der Waals surface area contributed by atoms with Crippen LogP contribution in [-0.2, 0) is 0 Å². The Kier molecular flexibility index (Phi) is 16.6. The molecule has 1 atom stereocenters. The minimum absolute atomic E-state index is 0.757. The second-order valence-electron chi connectivity index (χ2n) is 5.64. The molecule has 116 valence electrons. The molecule has 0 aromatic carbocycles. The van der Waals surface area contributed by atoms with Gasteiger partial charge in [-0.1, -0.05) is 65.7 Å². The minimum Gasteiger partial charge on any atom is -0.313 e. The lowest BCUT2D eigenvalue weighted by molar-refractivity contribution is 0.482. The molecule has 0 aliphatic carbocycles. The van der Waals surface area contributed by atoms with E-state index in [1.165, 1.54) is 82.3 Å². The van der Waals surface area contributed by atoms with Crippen LogP contribution in [0.25, 0.3) is 0 Å². The lowest BCUT2D eigenvalue weighted by atomic mass is 10.1. The van der Waals surface area contributed by atoms with Crippen LogP contribution < -0.4 is 5.32 Å². The molecule has 1 nitrogen and oxygen atoms in total. The molecule has 0 saturated carbocycles. The van der Waals surface area contributed by atoms with Crippen LogP contribution in [-0.4, -0.2) is 24.1 Å². The van der Waals surface area contributed by atoms with E-state index in [-0.39, 0.29) is 0 Å². The minimum atomic E-state index is 0.757. The lowest BCUT2D eigenvalue weighted by Crippen LogP contribution is -2.32. The van der Waals surface area contributed by atoms with Crippen molar-refractivity contribution in [3.63, 3.8) is 0 Å². The lowest BCUT2D eigenvalue weighted by Gasteiger charge is -2.18. The number of hydrogen-bond acceptors (Lipinski definition) is 2. The highest BCUT2D eigenvalue weighted by Crippen LogP contribution is 2.13. The molecule has 19 heavy (non-hydrogen) atoms. The Hall–Kier alpha value is 0.310. The predicted octanol–water partition coefficient (Wildman–Crippen LogP) is 5.64.